The van der Waals surface area contributed by atoms with Crippen molar-refractivity contribution >= 4 is 5.97 Å². The van der Waals surface area contributed by atoms with Crippen molar-refractivity contribution in [2.75, 3.05) is 20.6 Å². The monoisotopic (exact) mass is 305 g/mol. The molecule has 4 heteroatoms. The molecule has 0 aromatic heterocycles. The minimum atomic E-state index is -0.519. The number of rotatable bonds is 10. The number of ether oxygens (including phenoxy) is 1. The van der Waals surface area contributed by atoms with Crippen LogP contribution in [-0.4, -0.2) is 36.8 Å². The van der Waals surface area contributed by atoms with Gasteiger partial charge in [0.15, 0.2) is 0 Å². The summed E-state index contributed by atoms with van der Waals surface area (Å²) >= 11 is 0. The third-order valence-electron chi connectivity index (χ3n) is 4.05. The zero-order valence-electron chi connectivity index (χ0n) is 13.9. The molecule has 0 aromatic carbocycles. The molecular formula is C16H32ClNO2. The predicted molar refractivity (Wildman–Crippen MR) is 80.7 cm³/mol. The Hall–Kier alpha value is -0.540. The van der Waals surface area contributed by atoms with Crippen LogP contribution in [0.3, 0.4) is 0 Å². The normalized spacial score (nSPS) is 11.7. The molecule has 0 aliphatic rings. The summed E-state index contributed by atoms with van der Waals surface area (Å²) in [5.74, 6) is -0.348. The van der Waals surface area contributed by atoms with Crippen LogP contribution in [0.2, 0.25) is 0 Å². The van der Waals surface area contributed by atoms with Crippen LogP contribution < -0.4 is 12.4 Å². The molecule has 0 saturated heterocycles. The first-order valence-electron chi connectivity index (χ1n) is 7.45. The molecule has 0 bridgehead atoms. The number of halogens is 1. The second kappa shape index (κ2) is 10.2. The Bertz CT molecular complexity index is 288. The Labute approximate surface area is 131 Å². The maximum absolute atomic E-state index is 11.4. The number of carbonyl (C=O) groups excluding carboxylic acids is 1. The second-order valence-electron chi connectivity index (χ2n) is 6.25. The average molecular weight is 306 g/mol. The minimum Gasteiger partial charge on any atom is -1.00 e. The van der Waals surface area contributed by atoms with E-state index in [4.69, 9.17) is 4.74 Å². The highest BCUT2D eigenvalue weighted by Gasteiger charge is 2.39. The first-order chi connectivity index (χ1) is 8.77. The first kappa shape index (κ1) is 21.8. The summed E-state index contributed by atoms with van der Waals surface area (Å²) in [6, 6.07) is 0. The number of esters is 1. The molecule has 0 saturated carbocycles. The van der Waals surface area contributed by atoms with Crippen molar-refractivity contribution in [1.82, 2.24) is 0 Å². The Morgan fingerprint density at radius 1 is 1.15 bits per heavy atom. The zero-order valence-corrected chi connectivity index (χ0v) is 14.6. The highest BCUT2D eigenvalue weighted by Crippen LogP contribution is 2.23. The molecule has 0 aromatic rings. The Morgan fingerprint density at radius 3 is 2.15 bits per heavy atom. The van der Waals surface area contributed by atoms with Gasteiger partial charge < -0.3 is 17.1 Å². The summed E-state index contributed by atoms with van der Waals surface area (Å²) in [6.45, 7) is 10.6. The van der Waals surface area contributed by atoms with E-state index in [1.165, 1.54) is 44.6 Å². The summed E-state index contributed by atoms with van der Waals surface area (Å²) in [7, 11) is 4.23. The maximum atomic E-state index is 11.4. The van der Waals surface area contributed by atoms with Crippen LogP contribution in [0.25, 0.3) is 0 Å². The van der Waals surface area contributed by atoms with Crippen LogP contribution in [0.4, 0.5) is 0 Å². The van der Waals surface area contributed by atoms with Crippen LogP contribution in [-0.2, 0) is 9.53 Å². The van der Waals surface area contributed by atoms with Crippen molar-refractivity contribution in [1.29, 1.82) is 0 Å². The molecule has 0 rings (SSSR count). The molecule has 0 N–H and O–H groups in total. The lowest BCUT2D eigenvalue weighted by atomic mass is 10.1. The van der Waals surface area contributed by atoms with E-state index in [-0.39, 0.29) is 18.4 Å². The summed E-state index contributed by atoms with van der Waals surface area (Å²) in [6.07, 6.45) is 8.91. The van der Waals surface area contributed by atoms with Gasteiger partial charge in [0.05, 0.1) is 20.6 Å². The molecule has 0 radical (unpaired) electrons. The lowest BCUT2D eigenvalue weighted by Crippen LogP contribution is -3.00. The van der Waals surface area contributed by atoms with E-state index in [1.807, 2.05) is 13.8 Å². The van der Waals surface area contributed by atoms with Gasteiger partial charge in [-0.3, -0.25) is 4.48 Å². The Balaban J connectivity index is 0. The maximum Gasteiger partial charge on any atom is 0.334 e. The molecule has 0 fully saturated rings. The van der Waals surface area contributed by atoms with E-state index in [0.717, 1.165) is 6.54 Å². The van der Waals surface area contributed by atoms with Crippen molar-refractivity contribution in [3.8, 4) is 0 Å². The Kier molecular flexibility index (Phi) is 11.1. The molecule has 0 spiro atoms. The summed E-state index contributed by atoms with van der Waals surface area (Å²) in [5, 5.41) is 0. The number of hydrogen-bond donors (Lipinski definition) is 0. The molecule has 0 heterocycles. The van der Waals surface area contributed by atoms with Gasteiger partial charge in [-0.05, 0) is 12.8 Å². The van der Waals surface area contributed by atoms with Crippen molar-refractivity contribution in [2.45, 2.75) is 65.0 Å². The third-order valence-corrected chi connectivity index (χ3v) is 4.05. The summed E-state index contributed by atoms with van der Waals surface area (Å²) in [5.41, 5.74) is -0.519. The fourth-order valence-electron chi connectivity index (χ4n) is 1.97. The van der Waals surface area contributed by atoms with E-state index >= 15 is 0 Å². The van der Waals surface area contributed by atoms with Crippen molar-refractivity contribution in [3.63, 3.8) is 0 Å². The largest absolute Gasteiger partial charge is 1.00 e. The molecule has 0 aliphatic carbocycles. The lowest BCUT2D eigenvalue weighted by molar-refractivity contribution is -0.960. The molecule has 20 heavy (non-hydrogen) atoms. The molecule has 0 unspecified atom stereocenters. The fraction of sp³-hybridized carbons (Fsp3) is 0.812. The number of carbonyl (C=O) groups is 1. The van der Waals surface area contributed by atoms with E-state index < -0.39 is 5.72 Å². The van der Waals surface area contributed by atoms with E-state index in [2.05, 4.69) is 27.6 Å². The molecular weight excluding hydrogens is 274 g/mol. The van der Waals surface area contributed by atoms with Gasteiger partial charge >= 0.3 is 5.97 Å². The van der Waals surface area contributed by atoms with Crippen LogP contribution in [0.15, 0.2) is 12.7 Å². The van der Waals surface area contributed by atoms with Gasteiger partial charge in [0.2, 0.25) is 5.72 Å². The number of nitrogens with zero attached hydrogens (tertiary/aromatic N) is 1. The van der Waals surface area contributed by atoms with Gasteiger partial charge in [0.1, 0.15) is 0 Å². The second-order valence-corrected chi connectivity index (χ2v) is 6.25. The standard InChI is InChI=1S/C16H32NO2.ClH/c1-7-9-10-11-12-13-14-17(5,6)16(3,4)19-15(18)8-2;/h8H,2,7,9-14H2,1,3-6H3;1H/q+1;/p-1. The number of hydrogen-bond acceptors (Lipinski definition) is 2. The molecule has 0 aliphatic heterocycles. The molecule has 120 valence electrons. The Morgan fingerprint density at radius 2 is 1.65 bits per heavy atom. The first-order valence-corrected chi connectivity index (χ1v) is 7.45. The van der Waals surface area contributed by atoms with E-state index in [0.29, 0.717) is 4.48 Å². The molecule has 0 amide bonds. The molecule has 0 atom stereocenters. The minimum absolute atomic E-state index is 0. The number of unbranched alkanes of at least 4 members (excludes halogenated alkanes) is 5. The summed E-state index contributed by atoms with van der Waals surface area (Å²) in [4.78, 5) is 11.4. The average Bonchev–Trinajstić information content (AvgIpc) is 2.32. The lowest BCUT2D eigenvalue weighted by Gasteiger charge is -2.43. The zero-order chi connectivity index (χ0) is 14.9. The highest BCUT2D eigenvalue weighted by atomic mass is 35.5. The topological polar surface area (TPSA) is 26.3 Å². The SMILES string of the molecule is C=CC(=O)OC(C)(C)[N+](C)(C)CCCCCCCC.[Cl-]. The van der Waals surface area contributed by atoms with Crippen molar-refractivity contribution < 1.29 is 26.4 Å². The van der Waals surface area contributed by atoms with Gasteiger partial charge in [0, 0.05) is 19.9 Å². The summed E-state index contributed by atoms with van der Waals surface area (Å²) < 4.78 is 6.14. The number of quaternary nitrogens is 1. The smallest absolute Gasteiger partial charge is 0.334 e. The van der Waals surface area contributed by atoms with E-state index in [1.54, 1.807) is 0 Å². The van der Waals surface area contributed by atoms with E-state index in [9.17, 15) is 4.79 Å². The van der Waals surface area contributed by atoms with Crippen LogP contribution >= 0.6 is 0 Å². The van der Waals surface area contributed by atoms with Gasteiger partial charge in [0.25, 0.3) is 0 Å². The van der Waals surface area contributed by atoms with Gasteiger partial charge in [-0.1, -0.05) is 39.2 Å². The third kappa shape index (κ3) is 7.91. The highest BCUT2D eigenvalue weighted by molar-refractivity contribution is 5.81. The predicted octanol–water partition coefficient (Wildman–Crippen LogP) is 0.893. The van der Waals surface area contributed by atoms with Crippen molar-refractivity contribution in [3.05, 3.63) is 12.7 Å². The van der Waals surface area contributed by atoms with Crippen LogP contribution in [0, 0.1) is 0 Å². The van der Waals surface area contributed by atoms with Crippen LogP contribution in [0.5, 0.6) is 0 Å². The van der Waals surface area contributed by atoms with Gasteiger partial charge in [-0.2, -0.15) is 0 Å². The van der Waals surface area contributed by atoms with Crippen molar-refractivity contribution in [2.24, 2.45) is 0 Å². The van der Waals surface area contributed by atoms with Gasteiger partial charge in [-0.15, -0.1) is 0 Å². The van der Waals surface area contributed by atoms with Gasteiger partial charge in [-0.25, -0.2) is 4.79 Å². The molecule has 3 nitrogen and oxygen atoms in total. The quantitative estimate of drug-likeness (QED) is 0.197. The van der Waals surface area contributed by atoms with Crippen LogP contribution in [0.1, 0.15) is 59.3 Å². The fourth-order valence-corrected chi connectivity index (χ4v) is 1.97.